The molecule has 0 amide bonds. The topological polar surface area (TPSA) is 76.4 Å². The summed E-state index contributed by atoms with van der Waals surface area (Å²) >= 11 is 0. The lowest BCUT2D eigenvalue weighted by Gasteiger charge is -2.27. The minimum Gasteiger partial charge on any atom is -0.495 e. The molecule has 2 N–H and O–H groups in total. The van der Waals surface area contributed by atoms with Crippen LogP contribution in [0, 0.1) is 11.6 Å². The van der Waals surface area contributed by atoms with Crippen LogP contribution in [-0.2, 0) is 0 Å². The number of pyridine rings is 1. The van der Waals surface area contributed by atoms with Crippen LogP contribution in [0.15, 0.2) is 18.3 Å². The van der Waals surface area contributed by atoms with Crippen LogP contribution >= 0.6 is 0 Å². The fourth-order valence-electron chi connectivity index (χ4n) is 3.82. The number of ether oxygens (including phenoxy) is 1. The van der Waals surface area contributed by atoms with Crippen LogP contribution < -0.4 is 15.4 Å². The van der Waals surface area contributed by atoms with Crippen molar-refractivity contribution in [3.05, 3.63) is 35.7 Å². The maximum atomic E-state index is 14.7. The third kappa shape index (κ3) is 3.45. The Morgan fingerprint density at radius 2 is 2.03 bits per heavy atom. The molecule has 2 atom stereocenters. The van der Waals surface area contributed by atoms with E-state index in [2.05, 4.69) is 25.7 Å². The maximum Gasteiger partial charge on any atom is 0.168 e. The number of rotatable bonds is 5. The number of piperidine rings is 1. The zero-order valence-corrected chi connectivity index (χ0v) is 16.3. The monoisotopic (exact) mass is 418 g/mol. The van der Waals surface area contributed by atoms with Gasteiger partial charge >= 0.3 is 0 Å². The SMILES string of the molecule is COc1cc2ncc(-c3nc(N[C@H]4CNC[C@H](F)C4)c(F)cc3F)n2nc1C1CC1. The Morgan fingerprint density at radius 1 is 1.20 bits per heavy atom. The van der Waals surface area contributed by atoms with Crippen LogP contribution in [0.25, 0.3) is 17.0 Å². The van der Waals surface area contributed by atoms with Gasteiger partial charge in [0.05, 0.1) is 13.3 Å². The fourth-order valence-corrected chi connectivity index (χ4v) is 3.82. The lowest BCUT2D eigenvalue weighted by atomic mass is 10.1. The highest BCUT2D eigenvalue weighted by Crippen LogP contribution is 2.43. The number of imidazole rings is 1. The maximum absolute atomic E-state index is 14.7. The van der Waals surface area contributed by atoms with E-state index in [4.69, 9.17) is 4.74 Å². The van der Waals surface area contributed by atoms with Crippen molar-refractivity contribution >= 4 is 11.5 Å². The average Bonchev–Trinajstić information content (AvgIpc) is 3.49. The molecule has 7 nitrogen and oxygen atoms in total. The van der Waals surface area contributed by atoms with Gasteiger partial charge in [-0.1, -0.05) is 0 Å². The largest absolute Gasteiger partial charge is 0.495 e. The van der Waals surface area contributed by atoms with Crippen molar-refractivity contribution in [2.24, 2.45) is 0 Å². The second-order valence-electron chi connectivity index (χ2n) is 7.77. The molecule has 4 heterocycles. The molecule has 1 aliphatic carbocycles. The zero-order valence-electron chi connectivity index (χ0n) is 16.3. The van der Waals surface area contributed by atoms with Gasteiger partial charge in [-0.2, -0.15) is 5.10 Å². The molecule has 3 aromatic rings. The second kappa shape index (κ2) is 7.42. The van der Waals surface area contributed by atoms with Crippen LogP contribution in [0.1, 0.15) is 30.9 Å². The molecule has 3 aromatic heterocycles. The quantitative estimate of drug-likeness (QED) is 0.663. The predicted molar refractivity (Wildman–Crippen MR) is 104 cm³/mol. The van der Waals surface area contributed by atoms with Crippen molar-refractivity contribution in [3.63, 3.8) is 0 Å². The van der Waals surface area contributed by atoms with Gasteiger partial charge in [-0.25, -0.2) is 27.7 Å². The van der Waals surface area contributed by atoms with Crippen LogP contribution in [0.5, 0.6) is 5.75 Å². The van der Waals surface area contributed by atoms with Gasteiger partial charge in [-0.15, -0.1) is 0 Å². The van der Waals surface area contributed by atoms with Crippen LogP contribution in [-0.4, -0.2) is 52.0 Å². The van der Waals surface area contributed by atoms with E-state index >= 15 is 0 Å². The predicted octanol–water partition coefficient (Wildman–Crippen LogP) is 3.07. The van der Waals surface area contributed by atoms with E-state index in [9.17, 15) is 13.2 Å². The Balaban J connectivity index is 1.55. The van der Waals surface area contributed by atoms with Crippen molar-refractivity contribution in [2.45, 2.75) is 37.4 Å². The summed E-state index contributed by atoms with van der Waals surface area (Å²) in [7, 11) is 1.57. The van der Waals surface area contributed by atoms with Crippen molar-refractivity contribution in [1.29, 1.82) is 0 Å². The molecular formula is C20H21F3N6O. The summed E-state index contributed by atoms with van der Waals surface area (Å²) in [5, 5.41) is 10.4. The van der Waals surface area contributed by atoms with Crippen LogP contribution in [0.3, 0.4) is 0 Å². The summed E-state index contributed by atoms with van der Waals surface area (Å²) in [5.74, 6) is -0.842. The summed E-state index contributed by atoms with van der Waals surface area (Å²) in [5.41, 5.74) is 1.49. The van der Waals surface area contributed by atoms with Gasteiger partial charge in [0.1, 0.15) is 29.0 Å². The normalized spacial score (nSPS) is 21.7. The molecular weight excluding hydrogens is 397 g/mol. The molecule has 0 unspecified atom stereocenters. The highest BCUT2D eigenvalue weighted by molar-refractivity contribution is 5.63. The number of fused-ring (bicyclic) bond motifs is 1. The van der Waals surface area contributed by atoms with E-state index in [1.807, 2.05) is 0 Å². The first-order valence-electron chi connectivity index (χ1n) is 9.94. The molecule has 2 aliphatic rings. The van der Waals surface area contributed by atoms with Gasteiger partial charge in [-0.3, -0.25) is 0 Å². The van der Waals surface area contributed by atoms with Gasteiger partial charge in [0.2, 0.25) is 0 Å². The lowest BCUT2D eigenvalue weighted by Crippen LogP contribution is -2.44. The molecule has 30 heavy (non-hydrogen) atoms. The highest BCUT2D eigenvalue weighted by atomic mass is 19.1. The third-order valence-electron chi connectivity index (χ3n) is 5.48. The van der Waals surface area contributed by atoms with E-state index in [0.29, 0.717) is 29.6 Å². The van der Waals surface area contributed by atoms with E-state index in [1.54, 1.807) is 13.2 Å². The van der Waals surface area contributed by atoms with Gasteiger partial charge < -0.3 is 15.4 Å². The number of anilines is 1. The first-order chi connectivity index (χ1) is 14.5. The lowest BCUT2D eigenvalue weighted by molar-refractivity contribution is 0.254. The summed E-state index contributed by atoms with van der Waals surface area (Å²) < 4.78 is 49.6. The number of methoxy groups -OCH3 is 1. The fraction of sp³-hybridized carbons (Fsp3) is 0.450. The van der Waals surface area contributed by atoms with E-state index in [1.165, 1.54) is 10.7 Å². The Hall–Kier alpha value is -2.88. The molecule has 5 rings (SSSR count). The molecule has 2 fully saturated rings. The number of nitrogens with zero attached hydrogens (tertiary/aromatic N) is 4. The Kier molecular flexibility index (Phi) is 4.73. The van der Waals surface area contributed by atoms with Crippen molar-refractivity contribution in [2.75, 3.05) is 25.5 Å². The third-order valence-corrected chi connectivity index (χ3v) is 5.48. The molecule has 1 saturated carbocycles. The number of hydrogen-bond acceptors (Lipinski definition) is 6. The first-order valence-corrected chi connectivity index (χ1v) is 9.94. The molecule has 10 heteroatoms. The molecule has 0 aromatic carbocycles. The number of halogens is 3. The van der Waals surface area contributed by atoms with Crippen molar-refractivity contribution < 1.29 is 17.9 Å². The standard InChI is InChI=1S/C20H21F3N6O/c1-30-16-6-17-25-9-15(29(17)28-18(16)10-2-3-10)19-13(22)5-14(23)20(27-19)26-12-4-11(21)7-24-8-12/h5-6,9-12,24H,2-4,7-8H2,1H3,(H,26,27)/t11-,12-/m1/s1. The Bertz CT molecular complexity index is 1100. The average molecular weight is 418 g/mol. The minimum atomic E-state index is -1.03. The Labute approximate surface area is 170 Å². The van der Waals surface area contributed by atoms with Gasteiger partial charge in [-0.05, 0) is 12.8 Å². The van der Waals surface area contributed by atoms with Crippen molar-refractivity contribution in [3.8, 4) is 17.1 Å². The van der Waals surface area contributed by atoms with Crippen LogP contribution in [0.2, 0.25) is 0 Å². The molecule has 158 valence electrons. The van der Waals surface area contributed by atoms with E-state index in [-0.39, 0.29) is 30.5 Å². The smallest absolute Gasteiger partial charge is 0.168 e. The van der Waals surface area contributed by atoms with Gasteiger partial charge in [0.15, 0.2) is 23.1 Å². The van der Waals surface area contributed by atoms with E-state index in [0.717, 1.165) is 24.6 Å². The summed E-state index contributed by atoms with van der Waals surface area (Å²) in [6, 6.07) is 2.18. The summed E-state index contributed by atoms with van der Waals surface area (Å²) in [4.78, 5) is 8.46. The van der Waals surface area contributed by atoms with E-state index < -0.39 is 17.8 Å². The molecule has 1 saturated heterocycles. The highest BCUT2D eigenvalue weighted by Gasteiger charge is 2.30. The first kappa shape index (κ1) is 19.1. The van der Waals surface area contributed by atoms with Crippen LogP contribution in [0.4, 0.5) is 19.0 Å². The van der Waals surface area contributed by atoms with Crippen molar-refractivity contribution in [1.82, 2.24) is 24.9 Å². The number of alkyl halides is 1. The number of nitrogens with one attached hydrogen (secondary N) is 2. The number of aromatic nitrogens is 4. The zero-order chi connectivity index (χ0) is 20.8. The minimum absolute atomic E-state index is 0.0774. The second-order valence-corrected chi connectivity index (χ2v) is 7.77. The van der Waals surface area contributed by atoms with Gasteiger partial charge in [0, 0.05) is 43.6 Å². The molecule has 1 aliphatic heterocycles. The Morgan fingerprint density at radius 3 is 2.77 bits per heavy atom. The number of hydrogen-bond donors (Lipinski definition) is 2. The molecule has 0 radical (unpaired) electrons. The molecule has 0 spiro atoms. The summed E-state index contributed by atoms with van der Waals surface area (Å²) in [6.45, 7) is 0.735. The van der Waals surface area contributed by atoms with Gasteiger partial charge in [0.25, 0.3) is 0 Å². The molecule has 0 bridgehead atoms. The summed E-state index contributed by atoms with van der Waals surface area (Å²) in [6.07, 6.45) is 2.67.